The van der Waals surface area contributed by atoms with Gasteiger partial charge in [0.05, 0.1) is 26.9 Å². The van der Waals surface area contributed by atoms with E-state index < -0.39 is 38.4 Å². The van der Waals surface area contributed by atoms with Crippen LogP contribution in [0.5, 0.6) is 11.5 Å². The molecule has 2 radical (unpaired) electrons. The number of urea groups is 1. The summed E-state index contributed by atoms with van der Waals surface area (Å²) in [6.07, 6.45) is 5.96. The number of unbranched alkanes of at least 4 members (excludes halogenated alkanes) is 2. The number of allylic oxidation sites excluding steroid dienone is 2. The van der Waals surface area contributed by atoms with Gasteiger partial charge in [-0.2, -0.15) is 0 Å². The van der Waals surface area contributed by atoms with E-state index >= 15 is 0 Å². The smallest absolute Gasteiger partial charge is 0.326 e. The first kappa shape index (κ1) is 61.2. The summed E-state index contributed by atoms with van der Waals surface area (Å²) in [6.45, 7) is 18.5. The number of rotatable bonds is 23. The molecule has 2 unspecified atom stereocenters. The molecule has 77 heavy (non-hydrogen) atoms. The van der Waals surface area contributed by atoms with Crippen LogP contribution in [-0.4, -0.2) is 89.4 Å². The Labute approximate surface area is 460 Å². The lowest BCUT2D eigenvalue weighted by Crippen LogP contribution is -2.41. The maximum atomic E-state index is 12.3. The molecular weight excluding hydrogens is 979 g/mol. The number of methoxy groups -OCH3 is 2. The first-order valence-electron chi connectivity index (χ1n) is 24.8. The molecule has 0 saturated carbocycles. The fraction of sp³-hybridized carbons (Fsp3) is 0.344. The van der Waals surface area contributed by atoms with Gasteiger partial charge in [-0.1, -0.05) is 72.7 Å². The van der Waals surface area contributed by atoms with Crippen LogP contribution in [-0.2, 0) is 24.1 Å². The van der Waals surface area contributed by atoms with E-state index in [-0.39, 0.29) is 37.8 Å². The molecule has 0 aromatic heterocycles. The number of hydrogen-bond donors (Lipinski definition) is 2. The van der Waals surface area contributed by atoms with Crippen molar-refractivity contribution in [3.63, 3.8) is 0 Å². The first-order valence-corrected chi connectivity index (χ1v) is 25.9. The topological polar surface area (TPSA) is 104 Å². The van der Waals surface area contributed by atoms with Crippen LogP contribution < -0.4 is 20.1 Å². The second kappa shape index (κ2) is 35.8. The highest BCUT2D eigenvalue weighted by molar-refractivity contribution is 7.44. The van der Waals surface area contributed by atoms with Gasteiger partial charge in [-0.25, -0.2) is 16.0 Å². The molecule has 0 spiro atoms. The number of hydrogen-bond acceptors (Lipinski definition) is 8. The average Bonchev–Trinajstić information content (AvgIpc) is 3.75. The van der Waals surface area contributed by atoms with E-state index in [0.717, 1.165) is 36.0 Å². The third-order valence-corrected chi connectivity index (χ3v) is 13.3. The second-order valence-electron chi connectivity index (χ2n) is 16.9. The summed E-state index contributed by atoms with van der Waals surface area (Å²) in [7, 11) is 8.54. The van der Waals surface area contributed by atoms with Crippen LogP contribution in [0.3, 0.4) is 0 Å². The van der Waals surface area contributed by atoms with Crippen LogP contribution in [0.15, 0.2) is 91.0 Å². The van der Waals surface area contributed by atoms with Gasteiger partial charge < -0.3 is 38.2 Å². The van der Waals surface area contributed by atoms with Gasteiger partial charge in [0.1, 0.15) is 37.7 Å². The number of carbonyl (C=O) groups excluding carboxylic acids is 1. The van der Waals surface area contributed by atoms with E-state index in [9.17, 15) is 4.79 Å². The number of carbonyl (C=O) groups is 1. The zero-order valence-electron chi connectivity index (χ0n) is 44.6. The van der Waals surface area contributed by atoms with Gasteiger partial charge in [-0.05, 0) is 149 Å². The second-order valence-corrected chi connectivity index (χ2v) is 18.3. The summed E-state index contributed by atoms with van der Waals surface area (Å²) < 4.78 is 40.9. The van der Waals surface area contributed by atoms with Crippen molar-refractivity contribution in [2.45, 2.75) is 96.2 Å². The van der Waals surface area contributed by atoms with Crippen molar-refractivity contribution in [3.8, 4) is 130 Å². The zero-order chi connectivity index (χ0) is 55.4. The summed E-state index contributed by atoms with van der Waals surface area (Å²) in [6, 6.07) is 27.4. The van der Waals surface area contributed by atoms with Gasteiger partial charge in [0.25, 0.3) is 8.53 Å². The molecule has 11 nitrogen and oxygen atoms in total. The Kier molecular flexibility index (Phi) is 28.4. The predicted octanol–water partition coefficient (Wildman–Crippen LogP) is 8.62. The summed E-state index contributed by atoms with van der Waals surface area (Å²) in [5.74, 6) is 49.4. The normalized spacial score (nSPS) is 15.0. The van der Waals surface area contributed by atoms with E-state index in [2.05, 4.69) is 191 Å². The lowest BCUT2D eigenvalue weighted by Gasteiger charge is -2.39. The molecular formula is C64H60BN4O7P. The van der Waals surface area contributed by atoms with Crippen LogP contribution in [0.1, 0.15) is 77.0 Å². The van der Waals surface area contributed by atoms with Crippen molar-refractivity contribution >= 4 is 22.4 Å². The van der Waals surface area contributed by atoms with E-state index in [1.807, 2.05) is 66.7 Å². The Morgan fingerprint density at radius 3 is 1.74 bits per heavy atom. The number of nitrogens with zero attached hydrogens (tertiary/aromatic N) is 2. The molecule has 1 fully saturated rings. The minimum absolute atomic E-state index is 0.0759. The molecule has 386 valence electrons. The Morgan fingerprint density at radius 1 is 0.740 bits per heavy atom. The molecule has 2 N–H and O–H groups in total. The third-order valence-electron chi connectivity index (χ3n) is 11.1. The number of benzene rings is 3. The number of ether oxygens (including phenoxy) is 4. The average molecular weight is 1040 g/mol. The quantitative estimate of drug-likeness (QED) is 0.0142. The van der Waals surface area contributed by atoms with Crippen molar-refractivity contribution in [1.29, 1.82) is 0 Å². The third kappa shape index (κ3) is 21.1. The highest BCUT2D eigenvalue weighted by Crippen LogP contribution is 2.51. The predicted molar refractivity (Wildman–Crippen MR) is 305 cm³/mol. The highest BCUT2D eigenvalue weighted by atomic mass is 31.2. The van der Waals surface area contributed by atoms with Crippen molar-refractivity contribution in [2.75, 3.05) is 40.5 Å². The fourth-order valence-corrected chi connectivity index (χ4v) is 9.55. The molecule has 3 aromatic rings. The molecule has 1 heterocycles. The summed E-state index contributed by atoms with van der Waals surface area (Å²) in [5, 5.41) is 5.25. The van der Waals surface area contributed by atoms with Crippen LogP contribution in [0.4, 0.5) is 4.79 Å². The maximum Gasteiger partial charge on any atom is 0.326 e. The van der Waals surface area contributed by atoms with Gasteiger partial charge >= 0.3 is 6.03 Å². The fourth-order valence-electron chi connectivity index (χ4n) is 7.75. The SMILES string of the molecule is [B][C@@H]1O[C@H](COC(c2ccccc2)(c2ccc(OC)cc2)c2ccc(OC)cc2)[C@H](OP(OCC[N+]#[C-])N(C(C)C)C(C)C)C1C/C=C/CCCCNC(=O)NC#CC#CC#CC#CC#CC#CC#CC#CC#CC#CC. The Morgan fingerprint density at radius 2 is 1.25 bits per heavy atom. The van der Waals surface area contributed by atoms with E-state index in [1.54, 1.807) is 21.1 Å². The number of amides is 2. The summed E-state index contributed by atoms with van der Waals surface area (Å²) in [5.41, 5.74) is 1.56. The van der Waals surface area contributed by atoms with Crippen LogP contribution in [0, 0.1) is 131 Å². The van der Waals surface area contributed by atoms with Crippen molar-refractivity contribution in [2.24, 2.45) is 5.92 Å². The molecule has 0 aliphatic carbocycles. The molecule has 3 aromatic carbocycles. The van der Waals surface area contributed by atoms with E-state index in [0.29, 0.717) is 24.5 Å². The molecule has 5 atom stereocenters. The zero-order valence-corrected chi connectivity index (χ0v) is 45.5. The highest BCUT2D eigenvalue weighted by Gasteiger charge is 2.47. The van der Waals surface area contributed by atoms with Crippen molar-refractivity contribution in [3.05, 3.63) is 119 Å². The van der Waals surface area contributed by atoms with Crippen LogP contribution >= 0.6 is 8.53 Å². The molecule has 1 saturated heterocycles. The minimum atomic E-state index is -1.66. The van der Waals surface area contributed by atoms with Gasteiger partial charge in [0, 0.05) is 95.8 Å². The monoisotopic (exact) mass is 1040 g/mol. The van der Waals surface area contributed by atoms with E-state index in [1.165, 1.54) is 0 Å². The summed E-state index contributed by atoms with van der Waals surface area (Å²) in [4.78, 5) is 15.8. The number of nitrogens with one attached hydrogen (secondary N) is 2. The van der Waals surface area contributed by atoms with Crippen molar-refractivity contribution in [1.82, 2.24) is 15.3 Å². The molecule has 1 aliphatic rings. The molecule has 4 rings (SSSR count). The lowest BCUT2D eigenvalue weighted by atomic mass is 9.79. The summed E-state index contributed by atoms with van der Waals surface area (Å²) >= 11 is 0. The van der Waals surface area contributed by atoms with Gasteiger partial charge in [-0.15, -0.1) is 0 Å². The standard InChI is InChI=1S/C64H60BN4O7P/c1-9-10-11-12-13-14-15-16-17-18-19-20-21-22-23-24-25-28-34-47-67-63(70)68-48-35-29-26-27-33-38-59-61(76-77(74-50-49-66-6)69(52(2)3)53(4)5)60(75-62(59)65)51-73-64(54-36-31-30-32-37-54,55-39-43-57(71-7)44-40-55)56-41-45-58(72-8)46-42-56/h27,30-33,36-37,39-46,52-53,59-62H,26,29,35,38,48-51H2,1-5,7-8H3,(H2,67,68,70)/b33-27+/t59?,60-,61-,62-,77?/m1/s1. The molecule has 2 amide bonds. The lowest BCUT2D eigenvalue weighted by molar-refractivity contribution is -0.0717. The largest absolute Gasteiger partial charge is 0.497 e. The first-order chi connectivity index (χ1) is 37.6. The maximum absolute atomic E-state index is 12.3. The molecule has 13 heteroatoms. The molecule has 1 aliphatic heterocycles. The van der Waals surface area contributed by atoms with E-state index in [4.69, 9.17) is 42.4 Å². The van der Waals surface area contributed by atoms with Crippen molar-refractivity contribution < 1.29 is 32.8 Å². The van der Waals surface area contributed by atoms with Crippen LogP contribution in [0.25, 0.3) is 4.85 Å². The van der Waals surface area contributed by atoms with Gasteiger partial charge in [0.15, 0.2) is 0 Å². The minimum Gasteiger partial charge on any atom is -0.497 e. The molecule has 0 bridgehead atoms. The Hall–Kier alpha value is -8.35. The Bertz CT molecular complexity index is 3090. The Balaban J connectivity index is 1.41. The van der Waals surface area contributed by atoms with Gasteiger partial charge in [-0.3, -0.25) is 5.32 Å². The van der Waals surface area contributed by atoms with Crippen LogP contribution in [0.2, 0.25) is 0 Å². The van der Waals surface area contributed by atoms with Gasteiger partial charge in [0.2, 0.25) is 6.54 Å².